The predicted molar refractivity (Wildman–Crippen MR) is 62.1 cm³/mol. The molecule has 0 fully saturated rings. The van der Waals surface area contributed by atoms with E-state index in [0.717, 1.165) is 6.07 Å². The van der Waals surface area contributed by atoms with Gasteiger partial charge in [0, 0.05) is 24.6 Å². The molecule has 0 atom stereocenters. The Balaban J connectivity index is 2.44. The molecule has 0 radical (unpaired) electrons. The molecule has 0 aliphatic rings. The number of hydrogen-bond donors (Lipinski definition) is 1. The van der Waals surface area contributed by atoms with Crippen molar-refractivity contribution in [3.05, 3.63) is 47.8 Å². The molecule has 88 valence electrons. The van der Waals surface area contributed by atoms with Crippen molar-refractivity contribution in [3.8, 4) is 0 Å². The highest BCUT2D eigenvalue weighted by molar-refractivity contribution is 6.07. The maximum Gasteiger partial charge on any atom is 0.231 e. The number of rotatable bonds is 3. The SMILES string of the molecule is CCn1ccnc1C(=O)c1ccc(N)cc1F. The van der Waals surface area contributed by atoms with Gasteiger partial charge < -0.3 is 10.3 Å². The molecule has 17 heavy (non-hydrogen) atoms. The van der Waals surface area contributed by atoms with Crippen LogP contribution < -0.4 is 5.73 Å². The third-order valence-electron chi connectivity index (χ3n) is 2.50. The highest BCUT2D eigenvalue weighted by Crippen LogP contribution is 2.15. The van der Waals surface area contributed by atoms with Gasteiger partial charge in [-0.05, 0) is 25.1 Å². The van der Waals surface area contributed by atoms with Crippen LogP contribution in [0, 0.1) is 5.82 Å². The summed E-state index contributed by atoms with van der Waals surface area (Å²) in [6.45, 7) is 2.50. The second-order valence-electron chi connectivity index (χ2n) is 3.61. The van der Waals surface area contributed by atoms with E-state index in [1.54, 1.807) is 10.8 Å². The maximum atomic E-state index is 13.6. The lowest BCUT2D eigenvalue weighted by Gasteiger charge is -2.05. The van der Waals surface area contributed by atoms with E-state index in [0.29, 0.717) is 6.54 Å². The van der Waals surface area contributed by atoms with E-state index >= 15 is 0 Å². The minimum absolute atomic E-state index is 0.0138. The van der Waals surface area contributed by atoms with Crippen molar-refractivity contribution < 1.29 is 9.18 Å². The first kappa shape index (κ1) is 11.3. The average molecular weight is 233 g/mol. The minimum atomic E-state index is -0.624. The standard InChI is InChI=1S/C12H12FN3O/c1-2-16-6-5-15-12(16)11(17)9-4-3-8(14)7-10(9)13/h3-7H,2,14H2,1H3. The first-order valence-electron chi connectivity index (χ1n) is 5.24. The smallest absolute Gasteiger partial charge is 0.231 e. The van der Waals surface area contributed by atoms with Gasteiger partial charge in [-0.15, -0.1) is 0 Å². The van der Waals surface area contributed by atoms with Crippen LogP contribution in [0.3, 0.4) is 0 Å². The van der Waals surface area contributed by atoms with E-state index < -0.39 is 11.6 Å². The molecule has 5 heteroatoms. The number of nitrogen functional groups attached to an aromatic ring is 1. The summed E-state index contributed by atoms with van der Waals surface area (Å²) in [5, 5.41) is 0. The fourth-order valence-electron chi connectivity index (χ4n) is 1.61. The van der Waals surface area contributed by atoms with Gasteiger partial charge in [-0.1, -0.05) is 0 Å². The van der Waals surface area contributed by atoms with Crippen molar-refractivity contribution in [2.45, 2.75) is 13.5 Å². The molecule has 2 aromatic rings. The van der Waals surface area contributed by atoms with E-state index in [4.69, 9.17) is 5.73 Å². The summed E-state index contributed by atoms with van der Waals surface area (Å²) in [6, 6.07) is 4.00. The number of hydrogen-bond acceptors (Lipinski definition) is 3. The monoisotopic (exact) mass is 233 g/mol. The number of nitrogens with two attached hydrogens (primary N) is 1. The van der Waals surface area contributed by atoms with Crippen molar-refractivity contribution in [1.82, 2.24) is 9.55 Å². The highest BCUT2D eigenvalue weighted by atomic mass is 19.1. The van der Waals surface area contributed by atoms with Gasteiger partial charge in [-0.2, -0.15) is 0 Å². The Hall–Kier alpha value is -2.17. The second kappa shape index (κ2) is 4.37. The number of ketones is 1. The topological polar surface area (TPSA) is 60.9 Å². The van der Waals surface area contributed by atoms with E-state index in [1.165, 1.54) is 18.3 Å². The third-order valence-corrected chi connectivity index (χ3v) is 2.50. The Kier molecular flexibility index (Phi) is 2.91. The van der Waals surface area contributed by atoms with Crippen LogP contribution in [0.5, 0.6) is 0 Å². The van der Waals surface area contributed by atoms with Gasteiger partial charge in [0.2, 0.25) is 5.78 Å². The molecule has 0 amide bonds. The molecule has 0 aliphatic heterocycles. The number of anilines is 1. The largest absolute Gasteiger partial charge is 0.399 e. The molecule has 1 heterocycles. The summed E-state index contributed by atoms with van der Waals surface area (Å²) in [5.74, 6) is -0.828. The van der Waals surface area contributed by atoms with Crippen molar-refractivity contribution >= 4 is 11.5 Å². The summed E-state index contributed by atoms with van der Waals surface area (Å²) in [5.41, 5.74) is 5.71. The number of carbonyl (C=O) groups excluding carboxylic acids is 1. The summed E-state index contributed by atoms with van der Waals surface area (Å²) >= 11 is 0. The second-order valence-corrected chi connectivity index (χ2v) is 3.61. The number of imidazole rings is 1. The lowest BCUT2D eigenvalue weighted by Crippen LogP contribution is -2.12. The molecular weight excluding hydrogens is 221 g/mol. The van der Waals surface area contributed by atoms with Gasteiger partial charge in [-0.25, -0.2) is 9.37 Å². The molecule has 0 unspecified atom stereocenters. The molecule has 0 saturated heterocycles. The lowest BCUT2D eigenvalue weighted by atomic mass is 10.1. The fraction of sp³-hybridized carbons (Fsp3) is 0.167. The van der Waals surface area contributed by atoms with Crippen LogP contribution in [-0.4, -0.2) is 15.3 Å². The van der Waals surface area contributed by atoms with Crippen LogP contribution >= 0.6 is 0 Å². The predicted octanol–water partition coefficient (Wildman–Crippen LogP) is 1.86. The Morgan fingerprint density at radius 2 is 2.29 bits per heavy atom. The van der Waals surface area contributed by atoms with Crippen molar-refractivity contribution in [1.29, 1.82) is 0 Å². The number of aryl methyl sites for hydroxylation is 1. The van der Waals surface area contributed by atoms with Gasteiger partial charge >= 0.3 is 0 Å². The van der Waals surface area contributed by atoms with Crippen LogP contribution in [-0.2, 0) is 6.54 Å². The van der Waals surface area contributed by atoms with Crippen LogP contribution in [0.25, 0.3) is 0 Å². The van der Waals surface area contributed by atoms with Gasteiger partial charge in [0.15, 0.2) is 5.82 Å². The number of benzene rings is 1. The normalized spacial score (nSPS) is 10.5. The van der Waals surface area contributed by atoms with Gasteiger partial charge in [0.1, 0.15) is 5.82 Å². The lowest BCUT2D eigenvalue weighted by molar-refractivity contribution is 0.102. The highest BCUT2D eigenvalue weighted by Gasteiger charge is 2.18. The van der Waals surface area contributed by atoms with E-state index in [2.05, 4.69) is 4.98 Å². The molecule has 1 aromatic heterocycles. The minimum Gasteiger partial charge on any atom is -0.399 e. The molecule has 0 bridgehead atoms. The number of carbonyl (C=O) groups is 1. The molecule has 0 aliphatic carbocycles. The number of halogens is 1. The molecule has 1 aromatic carbocycles. The quantitative estimate of drug-likeness (QED) is 0.650. The fourth-order valence-corrected chi connectivity index (χ4v) is 1.61. The molecule has 4 nitrogen and oxygen atoms in total. The van der Waals surface area contributed by atoms with Crippen molar-refractivity contribution in [3.63, 3.8) is 0 Å². The zero-order chi connectivity index (χ0) is 12.4. The molecule has 0 spiro atoms. The molecule has 2 rings (SSSR count). The molecule has 0 saturated carbocycles. The number of nitrogens with zero attached hydrogens (tertiary/aromatic N) is 2. The van der Waals surface area contributed by atoms with Crippen LogP contribution in [0.4, 0.5) is 10.1 Å². The molecular formula is C12H12FN3O. The Labute approximate surface area is 97.9 Å². The van der Waals surface area contributed by atoms with Crippen LogP contribution in [0.1, 0.15) is 23.1 Å². The summed E-state index contributed by atoms with van der Waals surface area (Å²) in [6.07, 6.45) is 3.20. The summed E-state index contributed by atoms with van der Waals surface area (Å²) in [7, 11) is 0. The molecule has 2 N–H and O–H groups in total. The maximum absolute atomic E-state index is 13.6. The summed E-state index contributed by atoms with van der Waals surface area (Å²) < 4.78 is 15.3. The van der Waals surface area contributed by atoms with Gasteiger partial charge in [0.25, 0.3) is 0 Å². The van der Waals surface area contributed by atoms with Crippen LogP contribution in [0.2, 0.25) is 0 Å². The van der Waals surface area contributed by atoms with Crippen molar-refractivity contribution in [2.24, 2.45) is 0 Å². The third kappa shape index (κ3) is 2.04. The summed E-state index contributed by atoms with van der Waals surface area (Å²) in [4.78, 5) is 16.0. The zero-order valence-electron chi connectivity index (χ0n) is 9.35. The first-order chi connectivity index (χ1) is 8.13. The Bertz CT molecular complexity index is 563. The van der Waals surface area contributed by atoms with E-state index in [-0.39, 0.29) is 17.1 Å². The first-order valence-corrected chi connectivity index (χ1v) is 5.24. The van der Waals surface area contributed by atoms with E-state index in [9.17, 15) is 9.18 Å². The number of aromatic nitrogens is 2. The van der Waals surface area contributed by atoms with Gasteiger partial charge in [0.05, 0.1) is 5.56 Å². The zero-order valence-corrected chi connectivity index (χ0v) is 9.35. The Morgan fingerprint density at radius 3 is 2.94 bits per heavy atom. The van der Waals surface area contributed by atoms with Crippen molar-refractivity contribution in [2.75, 3.05) is 5.73 Å². The van der Waals surface area contributed by atoms with Crippen LogP contribution in [0.15, 0.2) is 30.6 Å². The van der Waals surface area contributed by atoms with Gasteiger partial charge in [-0.3, -0.25) is 4.79 Å². The van der Waals surface area contributed by atoms with E-state index in [1.807, 2.05) is 6.92 Å². The average Bonchev–Trinajstić information content (AvgIpc) is 2.76. The Morgan fingerprint density at radius 1 is 1.53 bits per heavy atom.